The van der Waals surface area contributed by atoms with Crippen LogP contribution in [0.3, 0.4) is 0 Å². The van der Waals surface area contributed by atoms with Crippen molar-refractivity contribution in [2.75, 3.05) is 0 Å². The van der Waals surface area contributed by atoms with Gasteiger partial charge in [0.15, 0.2) is 5.65 Å². The van der Waals surface area contributed by atoms with Crippen molar-refractivity contribution in [2.45, 2.75) is 71.3 Å². The molecule has 0 amide bonds. The standard InChI is InChI=1S/C17H27N3/c1-3-5-7-11-16(12-8-6-4-2)20-17-15(14-19-20)10-9-13-18-17/h9-10,13-14,16H,3-8,11-12H2,1-2H3. The number of aromatic nitrogens is 3. The predicted octanol–water partition coefficient (Wildman–Crippen LogP) is 5.13. The number of hydrogen-bond acceptors (Lipinski definition) is 2. The van der Waals surface area contributed by atoms with Crippen LogP contribution < -0.4 is 0 Å². The van der Waals surface area contributed by atoms with Crippen LogP contribution in [0.25, 0.3) is 11.0 Å². The molecule has 20 heavy (non-hydrogen) atoms. The molecule has 2 aromatic heterocycles. The monoisotopic (exact) mass is 273 g/mol. The van der Waals surface area contributed by atoms with Crippen LogP contribution in [0, 0.1) is 0 Å². The summed E-state index contributed by atoms with van der Waals surface area (Å²) < 4.78 is 2.17. The van der Waals surface area contributed by atoms with E-state index in [9.17, 15) is 0 Å². The summed E-state index contributed by atoms with van der Waals surface area (Å²) in [5.41, 5.74) is 1.05. The molecule has 3 heteroatoms. The molecule has 2 heterocycles. The van der Waals surface area contributed by atoms with Crippen LogP contribution in [-0.4, -0.2) is 14.8 Å². The second-order valence-corrected chi connectivity index (χ2v) is 5.65. The first-order valence-corrected chi connectivity index (χ1v) is 8.15. The molecule has 0 spiro atoms. The van der Waals surface area contributed by atoms with Gasteiger partial charge in [0.25, 0.3) is 0 Å². The van der Waals surface area contributed by atoms with E-state index in [2.05, 4.69) is 34.7 Å². The third kappa shape index (κ3) is 3.81. The molecular weight excluding hydrogens is 246 g/mol. The Hall–Kier alpha value is -1.38. The van der Waals surface area contributed by atoms with Crippen molar-refractivity contribution in [3.63, 3.8) is 0 Å². The van der Waals surface area contributed by atoms with E-state index in [4.69, 9.17) is 0 Å². The van der Waals surface area contributed by atoms with Gasteiger partial charge in [-0.05, 0) is 25.0 Å². The minimum absolute atomic E-state index is 0.514. The fourth-order valence-electron chi connectivity index (χ4n) is 2.80. The summed E-state index contributed by atoms with van der Waals surface area (Å²) in [6.45, 7) is 4.52. The minimum Gasteiger partial charge on any atom is -0.244 e. The van der Waals surface area contributed by atoms with E-state index in [0.717, 1.165) is 11.0 Å². The maximum atomic E-state index is 4.61. The van der Waals surface area contributed by atoms with Gasteiger partial charge in [0.2, 0.25) is 0 Å². The molecule has 3 nitrogen and oxygen atoms in total. The highest BCUT2D eigenvalue weighted by molar-refractivity contribution is 5.74. The fraction of sp³-hybridized carbons (Fsp3) is 0.647. The van der Waals surface area contributed by atoms with Crippen molar-refractivity contribution < 1.29 is 0 Å². The van der Waals surface area contributed by atoms with Gasteiger partial charge in [0, 0.05) is 11.6 Å². The molecule has 2 aromatic rings. The highest BCUT2D eigenvalue weighted by atomic mass is 15.3. The Balaban J connectivity index is 2.11. The first-order valence-electron chi connectivity index (χ1n) is 8.15. The highest BCUT2D eigenvalue weighted by Gasteiger charge is 2.14. The summed E-state index contributed by atoms with van der Waals surface area (Å²) >= 11 is 0. The molecule has 0 aliphatic carbocycles. The number of nitrogens with zero attached hydrogens (tertiary/aromatic N) is 3. The summed E-state index contributed by atoms with van der Waals surface area (Å²) in [7, 11) is 0. The number of unbranched alkanes of at least 4 members (excludes halogenated alkanes) is 4. The Bertz CT molecular complexity index is 494. The molecule has 0 bridgehead atoms. The van der Waals surface area contributed by atoms with E-state index < -0.39 is 0 Å². The molecule has 110 valence electrons. The Morgan fingerprint density at radius 2 is 1.75 bits per heavy atom. The van der Waals surface area contributed by atoms with Crippen LogP contribution in [0.1, 0.15) is 71.3 Å². The van der Waals surface area contributed by atoms with Crippen LogP contribution in [0.4, 0.5) is 0 Å². The maximum absolute atomic E-state index is 4.61. The van der Waals surface area contributed by atoms with Crippen molar-refractivity contribution in [2.24, 2.45) is 0 Å². The van der Waals surface area contributed by atoms with E-state index in [1.54, 1.807) is 0 Å². The zero-order valence-corrected chi connectivity index (χ0v) is 12.9. The molecular formula is C17H27N3. The molecule has 0 aliphatic heterocycles. The lowest BCUT2D eigenvalue weighted by Crippen LogP contribution is -2.11. The molecule has 2 rings (SSSR count). The highest BCUT2D eigenvalue weighted by Crippen LogP contribution is 2.25. The van der Waals surface area contributed by atoms with E-state index in [-0.39, 0.29) is 0 Å². The summed E-state index contributed by atoms with van der Waals surface area (Å²) in [6, 6.07) is 4.60. The quantitative estimate of drug-likeness (QED) is 0.593. The fourth-order valence-corrected chi connectivity index (χ4v) is 2.80. The zero-order chi connectivity index (χ0) is 14.2. The Labute approximate surface area is 122 Å². The Morgan fingerprint density at radius 1 is 1.05 bits per heavy atom. The molecule has 0 atom stereocenters. The van der Waals surface area contributed by atoms with Gasteiger partial charge >= 0.3 is 0 Å². The van der Waals surface area contributed by atoms with E-state index in [0.29, 0.717) is 6.04 Å². The summed E-state index contributed by atoms with van der Waals surface area (Å²) in [5.74, 6) is 0. The molecule has 0 N–H and O–H groups in total. The zero-order valence-electron chi connectivity index (χ0n) is 12.9. The molecule has 0 aliphatic rings. The first-order chi connectivity index (χ1) is 9.86. The minimum atomic E-state index is 0.514. The molecule has 0 saturated carbocycles. The number of hydrogen-bond donors (Lipinski definition) is 0. The van der Waals surface area contributed by atoms with Gasteiger partial charge in [-0.2, -0.15) is 5.10 Å². The largest absolute Gasteiger partial charge is 0.244 e. The summed E-state index contributed by atoms with van der Waals surface area (Å²) in [4.78, 5) is 4.52. The van der Waals surface area contributed by atoms with Crippen LogP contribution in [-0.2, 0) is 0 Å². The number of rotatable bonds is 9. The van der Waals surface area contributed by atoms with Gasteiger partial charge in [-0.1, -0.05) is 52.4 Å². The van der Waals surface area contributed by atoms with Gasteiger partial charge in [-0.25, -0.2) is 9.67 Å². The lowest BCUT2D eigenvalue weighted by molar-refractivity contribution is 0.378. The van der Waals surface area contributed by atoms with Crippen molar-refractivity contribution in [1.82, 2.24) is 14.8 Å². The van der Waals surface area contributed by atoms with E-state index in [1.807, 2.05) is 18.5 Å². The van der Waals surface area contributed by atoms with Crippen LogP contribution in [0.15, 0.2) is 24.5 Å². The van der Waals surface area contributed by atoms with Gasteiger partial charge in [0.1, 0.15) is 0 Å². The third-order valence-electron chi connectivity index (χ3n) is 3.98. The smallest absolute Gasteiger partial charge is 0.157 e. The second kappa shape index (κ2) is 8.03. The topological polar surface area (TPSA) is 30.7 Å². The van der Waals surface area contributed by atoms with Crippen molar-refractivity contribution >= 4 is 11.0 Å². The summed E-state index contributed by atoms with van der Waals surface area (Å²) in [6.07, 6.45) is 14.1. The number of fused-ring (bicyclic) bond motifs is 1. The van der Waals surface area contributed by atoms with Crippen LogP contribution in [0.5, 0.6) is 0 Å². The normalized spacial score (nSPS) is 11.6. The molecule has 0 fully saturated rings. The lowest BCUT2D eigenvalue weighted by Gasteiger charge is -2.18. The Kier molecular flexibility index (Phi) is 6.03. The lowest BCUT2D eigenvalue weighted by atomic mass is 10.0. The second-order valence-electron chi connectivity index (χ2n) is 5.65. The first kappa shape index (κ1) is 15.0. The number of pyridine rings is 1. The molecule has 0 radical (unpaired) electrons. The maximum Gasteiger partial charge on any atom is 0.157 e. The van der Waals surface area contributed by atoms with Gasteiger partial charge in [-0.15, -0.1) is 0 Å². The van der Waals surface area contributed by atoms with Crippen LogP contribution in [0.2, 0.25) is 0 Å². The predicted molar refractivity (Wildman–Crippen MR) is 84.8 cm³/mol. The van der Waals surface area contributed by atoms with Crippen molar-refractivity contribution in [3.8, 4) is 0 Å². The average molecular weight is 273 g/mol. The SMILES string of the molecule is CCCCCC(CCCCC)n1ncc2cccnc21. The van der Waals surface area contributed by atoms with Crippen molar-refractivity contribution in [1.29, 1.82) is 0 Å². The summed E-state index contributed by atoms with van der Waals surface area (Å²) in [5, 5.41) is 5.76. The van der Waals surface area contributed by atoms with E-state index >= 15 is 0 Å². The van der Waals surface area contributed by atoms with Gasteiger partial charge in [0.05, 0.1) is 12.2 Å². The average Bonchev–Trinajstić information content (AvgIpc) is 2.90. The molecule has 0 unspecified atom stereocenters. The van der Waals surface area contributed by atoms with Crippen molar-refractivity contribution in [3.05, 3.63) is 24.5 Å². The van der Waals surface area contributed by atoms with Gasteiger partial charge < -0.3 is 0 Å². The molecule has 0 saturated heterocycles. The van der Waals surface area contributed by atoms with Gasteiger partial charge in [-0.3, -0.25) is 0 Å². The Morgan fingerprint density at radius 3 is 2.40 bits per heavy atom. The van der Waals surface area contributed by atoms with Crippen LogP contribution >= 0.6 is 0 Å². The molecule has 0 aromatic carbocycles. The third-order valence-corrected chi connectivity index (χ3v) is 3.98. The van der Waals surface area contributed by atoms with E-state index in [1.165, 1.54) is 51.4 Å².